The zero-order valence-corrected chi connectivity index (χ0v) is 8.40. The van der Waals surface area contributed by atoms with Crippen molar-refractivity contribution in [3.8, 4) is 0 Å². The van der Waals surface area contributed by atoms with Crippen molar-refractivity contribution in [2.45, 2.75) is 25.5 Å². The Morgan fingerprint density at radius 2 is 2.27 bits per heavy atom. The number of aryl methyl sites for hydroxylation is 1. The van der Waals surface area contributed by atoms with Gasteiger partial charge in [0.25, 0.3) is 0 Å². The van der Waals surface area contributed by atoms with Crippen LogP contribution in [0.25, 0.3) is 0 Å². The van der Waals surface area contributed by atoms with Gasteiger partial charge in [0.05, 0.1) is 12.1 Å². The first-order valence-electron chi connectivity index (χ1n) is 4.85. The molecule has 0 fully saturated rings. The molecule has 2 unspecified atom stereocenters. The molecular weight excluding hydrogens is 194 g/mol. The summed E-state index contributed by atoms with van der Waals surface area (Å²) >= 11 is 0. The second-order valence-electron chi connectivity index (χ2n) is 3.85. The largest absolute Gasteiger partial charge is 0.465 e. The molecular formula is C11H13NO3. The van der Waals surface area contributed by atoms with Crippen LogP contribution < -0.4 is 5.32 Å². The Balaban J connectivity index is 2.29. The van der Waals surface area contributed by atoms with Crippen LogP contribution in [0.15, 0.2) is 18.2 Å². The third-order valence-corrected chi connectivity index (χ3v) is 2.88. The van der Waals surface area contributed by atoms with Crippen LogP contribution in [-0.2, 0) is 6.42 Å². The third kappa shape index (κ3) is 1.68. The highest BCUT2D eigenvalue weighted by Gasteiger charge is 2.32. The maximum absolute atomic E-state index is 10.5. The number of rotatable bonds is 1. The molecule has 4 heteroatoms. The van der Waals surface area contributed by atoms with E-state index in [1.165, 1.54) is 0 Å². The number of hydrogen-bond acceptors (Lipinski definition) is 2. The maximum Gasteiger partial charge on any atom is 0.404 e. The fourth-order valence-electron chi connectivity index (χ4n) is 2.12. The zero-order valence-electron chi connectivity index (χ0n) is 8.40. The van der Waals surface area contributed by atoms with Gasteiger partial charge in [0.15, 0.2) is 0 Å². The average Bonchev–Trinajstić information content (AvgIpc) is 2.46. The van der Waals surface area contributed by atoms with E-state index in [0.29, 0.717) is 6.42 Å². The Morgan fingerprint density at radius 1 is 1.53 bits per heavy atom. The van der Waals surface area contributed by atoms with E-state index in [1.54, 1.807) is 0 Å². The smallest absolute Gasteiger partial charge is 0.404 e. The number of amides is 1. The molecule has 1 amide bonds. The van der Waals surface area contributed by atoms with Crippen molar-refractivity contribution >= 4 is 6.09 Å². The third-order valence-electron chi connectivity index (χ3n) is 2.88. The van der Waals surface area contributed by atoms with Crippen LogP contribution in [0.2, 0.25) is 0 Å². The Hall–Kier alpha value is -1.55. The number of fused-ring (bicyclic) bond motifs is 1. The lowest BCUT2D eigenvalue weighted by molar-refractivity contribution is 0.131. The molecule has 4 nitrogen and oxygen atoms in total. The molecule has 2 atom stereocenters. The summed E-state index contributed by atoms with van der Waals surface area (Å²) in [4.78, 5) is 10.5. The molecule has 1 aliphatic rings. The zero-order chi connectivity index (χ0) is 11.0. The summed E-state index contributed by atoms with van der Waals surface area (Å²) in [5, 5.41) is 20.8. The number of aliphatic hydroxyl groups is 1. The first kappa shape index (κ1) is 9.98. The molecule has 0 radical (unpaired) electrons. The fourth-order valence-corrected chi connectivity index (χ4v) is 2.12. The summed E-state index contributed by atoms with van der Waals surface area (Å²) in [6.45, 7) is 1.97. The topological polar surface area (TPSA) is 69.6 Å². The first-order valence-corrected chi connectivity index (χ1v) is 4.85. The second-order valence-corrected chi connectivity index (χ2v) is 3.85. The van der Waals surface area contributed by atoms with Crippen LogP contribution in [0.1, 0.15) is 22.8 Å². The van der Waals surface area contributed by atoms with E-state index in [0.717, 1.165) is 16.7 Å². The molecule has 3 N–H and O–H groups in total. The summed E-state index contributed by atoms with van der Waals surface area (Å²) in [5.41, 5.74) is 3.00. The highest BCUT2D eigenvalue weighted by Crippen LogP contribution is 2.33. The number of benzene rings is 1. The summed E-state index contributed by atoms with van der Waals surface area (Å²) in [5.74, 6) is 0. The van der Waals surface area contributed by atoms with Crippen LogP contribution in [0.5, 0.6) is 0 Å². The van der Waals surface area contributed by atoms with Crippen LogP contribution in [-0.4, -0.2) is 22.3 Å². The molecule has 0 heterocycles. The quantitative estimate of drug-likeness (QED) is 0.648. The van der Waals surface area contributed by atoms with Crippen molar-refractivity contribution in [2.24, 2.45) is 0 Å². The number of carbonyl (C=O) groups is 1. The van der Waals surface area contributed by atoms with Crippen LogP contribution in [0.4, 0.5) is 4.79 Å². The Bertz CT molecular complexity index is 403. The summed E-state index contributed by atoms with van der Waals surface area (Å²) in [6, 6.07) is 5.27. The van der Waals surface area contributed by atoms with E-state index in [-0.39, 0.29) is 0 Å². The molecule has 80 valence electrons. The highest BCUT2D eigenvalue weighted by molar-refractivity contribution is 5.65. The SMILES string of the molecule is Cc1cccc2c1CC(NC(=O)O)C2O. The number of nitrogens with one attached hydrogen (secondary N) is 1. The van der Waals surface area contributed by atoms with Gasteiger partial charge in [-0.25, -0.2) is 4.79 Å². The van der Waals surface area contributed by atoms with Gasteiger partial charge in [-0.05, 0) is 30.0 Å². The minimum absolute atomic E-state index is 0.418. The molecule has 1 aromatic rings. The predicted octanol–water partition coefficient (Wildman–Crippen LogP) is 1.22. The Labute approximate surface area is 87.6 Å². The van der Waals surface area contributed by atoms with Crippen LogP contribution in [0.3, 0.4) is 0 Å². The van der Waals surface area contributed by atoms with Gasteiger partial charge in [0.1, 0.15) is 0 Å². The van der Waals surface area contributed by atoms with E-state index in [2.05, 4.69) is 5.32 Å². The van der Waals surface area contributed by atoms with Gasteiger partial charge in [-0.1, -0.05) is 18.2 Å². The summed E-state index contributed by atoms with van der Waals surface area (Å²) in [7, 11) is 0. The Kier molecular flexibility index (Phi) is 2.36. The summed E-state index contributed by atoms with van der Waals surface area (Å²) in [6.07, 6.45) is -1.25. The molecule has 0 bridgehead atoms. The number of aliphatic hydroxyl groups excluding tert-OH is 1. The first-order chi connectivity index (χ1) is 7.09. The van der Waals surface area contributed by atoms with E-state index >= 15 is 0 Å². The number of carboxylic acid groups (broad SMARTS) is 1. The molecule has 1 aromatic carbocycles. The number of hydrogen-bond donors (Lipinski definition) is 3. The molecule has 0 saturated carbocycles. The maximum atomic E-state index is 10.5. The molecule has 0 spiro atoms. The minimum atomic E-state index is -1.09. The van der Waals surface area contributed by atoms with Gasteiger partial charge in [0.2, 0.25) is 0 Å². The van der Waals surface area contributed by atoms with Crippen molar-refractivity contribution in [1.82, 2.24) is 5.32 Å². The molecule has 0 aromatic heterocycles. The van der Waals surface area contributed by atoms with E-state index in [4.69, 9.17) is 5.11 Å². The molecule has 2 rings (SSSR count). The van der Waals surface area contributed by atoms with Crippen molar-refractivity contribution in [1.29, 1.82) is 0 Å². The molecule has 15 heavy (non-hydrogen) atoms. The van der Waals surface area contributed by atoms with E-state index in [9.17, 15) is 9.90 Å². The Morgan fingerprint density at radius 3 is 2.87 bits per heavy atom. The van der Waals surface area contributed by atoms with E-state index < -0.39 is 18.2 Å². The second kappa shape index (κ2) is 3.55. The predicted molar refractivity (Wildman–Crippen MR) is 54.8 cm³/mol. The highest BCUT2D eigenvalue weighted by atomic mass is 16.4. The standard InChI is InChI=1S/C11H13NO3/c1-6-3-2-4-7-8(6)5-9(10(7)13)12-11(14)15/h2-4,9-10,12-13H,5H2,1H3,(H,14,15). The van der Waals surface area contributed by atoms with Gasteiger partial charge in [-0.2, -0.15) is 0 Å². The van der Waals surface area contributed by atoms with Crippen molar-refractivity contribution in [3.05, 3.63) is 34.9 Å². The van der Waals surface area contributed by atoms with Crippen LogP contribution >= 0.6 is 0 Å². The lowest BCUT2D eigenvalue weighted by atomic mass is 10.0. The summed E-state index contributed by atoms with van der Waals surface area (Å²) < 4.78 is 0. The van der Waals surface area contributed by atoms with Gasteiger partial charge >= 0.3 is 6.09 Å². The normalized spacial score (nSPS) is 23.6. The lowest BCUT2D eigenvalue weighted by Crippen LogP contribution is -2.36. The van der Waals surface area contributed by atoms with Gasteiger partial charge < -0.3 is 15.5 Å². The monoisotopic (exact) mass is 207 g/mol. The molecule has 1 aliphatic carbocycles. The van der Waals surface area contributed by atoms with Gasteiger partial charge in [0, 0.05) is 0 Å². The minimum Gasteiger partial charge on any atom is -0.465 e. The van der Waals surface area contributed by atoms with Gasteiger partial charge in [-0.15, -0.1) is 0 Å². The van der Waals surface area contributed by atoms with E-state index in [1.807, 2.05) is 25.1 Å². The molecule has 0 saturated heterocycles. The van der Waals surface area contributed by atoms with Crippen molar-refractivity contribution < 1.29 is 15.0 Å². The van der Waals surface area contributed by atoms with Crippen LogP contribution in [0, 0.1) is 6.92 Å². The average molecular weight is 207 g/mol. The van der Waals surface area contributed by atoms with Gasteiger partial charge in [-0.3, -0.25) is 0 Å². The van der Waals surface area contributed by atoms with Crippen molar-refractivity contribution in [2.75, 3.05) is 0 Å². The van der Waals surface area contributed by atoms with Crippen molar-refractivity contribution in [3.63, 3.8) is 0 Å². The fraction of sp³-hybridized carbons (Fsp3) is 0.364. The lowest BCUT2D eigenvalue weighted by Gasteiger charge is -2.14. The molecule has 0 aliphatic heterocycles.